The van der Waals surface area contributed by atoms with Crippen LogP contribution in [0.4, 0.5) is 0 Å². The maximum Gasteiger partial charge on any atom is 0.156 e. The van der Waals surface area contributed by atoms with Crippen molar-refractivity contribution in [2.45, 2.75) is 39.7 Å². The predicted octanol–water partition coefficient (Wildman–Crippen LogP) is 3.61. The average Bonchev–Trinajstić information content (AvgIpc) is 2.26. The van der Waals surface area contributed by atoms with E-state index in [9.17, 15) is 0 Å². The van der Waals surface area contributed by atoms with Gasteiger partial charge < -0.3 is 4.74 Å². The lowest BCUT2D eigenvalue weighted by molar-refractivity contribution is 0.116. The lowest BCUT2D eigenvalue weighted by Crippen LogP contribution is -2.06. The van der Waals surface area contributed by atoms with E-state index in [1.165, 1.54) is 0 Å². The Hall–Kier alpha value is 0.0600. The largest absolute Gasteiger partial charge is 0.373 e. The lowest BCUT2D eigenvalue weighted by Gasteiger charge is -2.07. The van der Waals surface area contributed by atoms with Crippen molar-refractivity contribution in [3.63, 3.8) is 0 Å². The lowest BCUT2D eigenvalue weighted by atomic mass is 10.2. The molecule has 0 aliphatic heterocycles. The zero-order valence-electron chi connectivity index (χ0n) is 9.59. The SMILES string of the molecule is CCCOCc1nc(Cl)c(I)c(CCC)n1. The Labute approximate surface area is 115 Å². The first-order valence-electron chi connectivity index (χ1n) is 5.47. The molecule has 5 heteroatoms. The second kappa shape index (κ2) is 7.40. The van der Waals surface area contributed by atoms with Crippen LogP contribution in [0, 0.1) is 3.57 Å². The Morgan fingerprint density at radius 3 is 2.62 bits per heavy atom. The fraction of sp³-hybridized carbons (Fsp3) is 0.636. The molecule has 0 saturated heterocycles. The van der Waals surface area contributed by atoms with Crippen LogP contribution >= 0.6 is 34.2 Å². The van der Waals surface area contributed by atoms with Gasteiger partial charge in [-0.25, -0.2) is 9.97 Å². The molecule has 0 fully saturated rings. The summed E-state index contributed by atoms with van der Waals surface area (Å²) in [6.45, 7) is 5.38. The van der Waals surface area contributed by atoms with Crippen LogP contribution in [0.25, 0.3) is 0 Å². The van der Waals surface area contributed by atoms with Crippen LogP contribution < -0.4 is 0 Å². The minimum absolute atomic E-state index is 0.446. The molecule has 0 saturated carbocycles. The summed E-state index contributed by atoms with van der Waals surface area (Å²) in [5.41, 5.74) is 1.03. The number of ether oxygens (including phenoxy) is 1. The van der Waals surface area contributed by atoms with Crippen molar-refractivity contribution in [1.82, 2.24) is 9.97 Å². The summed E-state index contributed by atoms with van der Waals surface area (Å²) >= 11 is 8.25. The predicted molar refractivity (Wildman–Crippen MR) is 73.7 cm³/mol. The third-order valence-electron chi connectivity index (χ3n) is 1.99. The van der Waals surface area contributed by atoms with Crippen LogP contribution in [0.15, 0.2) is 0 Å². The van der Waals surface area contributed by atoms with Crippen molar-refractivity contribution in [1.29, 1.82) is 0 Å². The standard InChI is InChI=1S/C11H16ClIN2O/c1-3-5-8-10(13)11(12)15-9(14-8)7-16-6-4-2/h3-7H2,1-2H3. The number of rotatable bonds is 6. The molecule has 1 aromatic heterocycles. The maximum absolute atomic E-state index is 6.05. The van der Waals surface area contributed by atoms with E-state index >= 15 is 0 Å². The van der Waals surface area contributed by atoms with Gasteiger partial charge in [0.1, 0.15) is 11.8 Å². The van der Waals surface area contributed by atoms with Gasteiger partial charge >= 0.3 is 0 Å². The molecule has 0 unspecified atom stereocenters. The molecule has 3 nitrogen and oxygen atoms in total. The van der Waals surface area contributed by atoms with E-state index in [4.69, 9.17) is 16.3 Å². The highest BCUT2D eigenvalue weighted by Gasteiger charge is 2.09. The first-order valence-corrected chi connectivity index (χ1v) is 6.93. The van der Waals surface area contributed by atoms with Gasteiger partial charge in [0.2, 0.25) is 0 Å². The molecule has 1 heterocycles. The molecule has 0 aliphatic rings. The summed E-state index contributed by atoms with van der Waals surface area (Å²) in [5, 5.41) is 0.536. The number of hydrogen-bond donors (Lipinski definition) is 0. The molecule has 0 N–H and O–H groups in total. The molecule has 90 valence electrons. The van der Waals surface area contributed by atoms with E-state index in [2.05, 4.69) is 46.4 Å². The zero-order valence-corrected chi connectivity index (χ0v) is 12.5. The number of hydrogen-bond acceptors (Lipinski definition) is 3. The van der Waals surface area contributed by atoms with Crippen molar-refractivity contribution < 1.29 is 4.74 Å². The molecule has 1 rings (SSSR count). The van der Waals surface area contributed by atoms with E-state index in [-0.39, 0.29) is 0 Å². The molecule has 0 bridgehead atoms. The van der Waals surface area contributed by atoms with Crippen molar-refractivity contribution in [3.05, 3.63) is 20.2 Å². The first kappa shape index (κ1) is 14.1. The summed E-state index contributed by atoms with van der Waals surface area (Å²) in [5.74, 6) is 0.683. The molecule has 0 radical (unpaired) electrons. The van der Waals surface area contributed by atoms with Crippen LogP contribution in [0.5, 0.6) is 0 Å². The molecule has 0 aliphatic carbocycles. The smallest absolute Gasteiger partial charge is 0.156 e. The molecular formula is C11H16ClIN2O. The summed E-state index contributed by atoms with van der Waals surface area (Å²) < 4.78 is 6.37. The van der Waals surface area contributed by atoms with Crippen LogP contribution in [0.2, 0.25) is 5.15 Å². The Kier molecular flexibility index (Phi) is 6.53. The van der Waals surface area contributed by atoms with E-state index in [0.29, 0.717) is 17.6 Å². The molecule has 0 spiro atoms. The molecular weight excluding hydrogens is 338 g/mol. The van der Waals surface area contributed by atoms with Gasteiger partial charge in [0.25, 0.3) is 0 Å². The fourth-order valence-corrected chi connectivity index (χ4v) is 2.00. The topological polar surface area (TPSA) is 35.0 Å². The number of aromatic nitrogens is 2. The van der Waals surface area contributed by atoms with Crippen LogP contribution in [0.1, 0.15) is 38.2 Å². The summed E-state index contributed by atoms with van der Waals surface area (Å²) in [7, 11) is 0. The van der Waals surface area contributed by atoms with Crippen molar-refractivity contribution in [2.75, 3.05) is 6.61 Å². The van der Waals surface area contributed by atoms with Gasteiger partial charge in [-0.15, -0.1) is 0 Å². The van der Waals surface area contributed by atoms with E-state index < -0.39 is 0 Å². The third-order valence-corrected chi connectivity index (χ3v) is 3.72. The van der Waals surface area contributed by atoms with Gasteiger partial charge in [0.05, 0.1) is 9.26 Å². The van der Waals surface area contributed by atoms with Crippen LogP contribution in [-0.2, 0) is 17.8 Å². The van der Waals surface area contributed by atoms with E-state index in [1.807, 2.05) is 0 Å². The van der Waals surface area contributed by atoms with E-state index in [1.54, 1.807) is 0 Å². The number of halogens is 2. The monoisotopic (exact) mass is 354 g/mol. The molecule has 1 aromatic rings. The number of aryl methyl sites for hydroxylation is 1. The Balaban J connectivity index is 2.77. The molecule has 0 amide bonds. The van der Waals surface area contributed by atoms with Crippen molar-refractivity contribution >= 4 is 34.2 Å². The molecule has 0 aromatic carbocycles. The highest BCUT2D eigenvalue weighted by atomic mass is 127. The summed E-state index contributed by atoms with van der Waals surface area (Å²) in [6, 6.07) is 0. The Morgan fingerprint density at radius 1 is 1.25 bits per heavy atom. The highest BCUT2D eigenvalue weighted by molar-refractivity contribution is 14.1. The Bertz CT molecular complexity index is 347. The normalized spacial score (nSPS) is 10.8. The molecule has 0 atom stereocenters. The second-order valence-corrected chi connectivity index (χ2v) is 4.93. The van der Waals surface area contributed by atoms with Gasteiger partial charge in [-0.2, -0.15) is 0 Å². The average molecular weight is 355 g/mol. The van der Waals surface area contributed by atoms with E-state index in [0.717, 1.165) is 35.1 Å². The third kappa shape index (κ3) is 4.14. The van der Waals surface area contributed by atoms with Crippen LogP contribution in [-0.4, -0.2) is 16.6 Å². The number of nitrogens with zero attached hydrogens (tertiary/aromatic N) is 2. The van der Waals surface area contributed by atoms with Gasteiger partial charge in [-0.3, -0.25) is 0 Å². The van der Waals surface area contributed by atoms with Gasteiger partial charge in [-0.1, -0.05) is 31.9 Å². The zero-order chi connectivity index (χ0) is 12.0. The van der Waals surface area contributed by atoms with Crippen LogP contribution in [0.3, 0.4) is 0 Å². The summed E-state index contributed by atoms with van der Waals surface area (Å²) in [4.78, 5) is 8.68. The minimum Gasteiger partial charge on any atom is -0.373 e. The Morgan fingerprint density at radius 2 is 2.00 bits per heavy atom. The quantitative estimate of drug-likeness (QED) is 0.445. The van der Waals surface area contributed by atoms with Gasteiger partial charge in [-0.05, 0) is 35.4 Å². The van der Waals surface area contributed by atoms with Gasteiger partial charge in [0.15, 0.2) is 5.82 Å². The van der Waals surface area contributed by atoms with Crippen molar-refractivity contribution in [3.8, 4) is 0 Å². The second-order valence-electron chi connectivity index (χ2n) is 3.49. The fourth-order valence-electron chi connectivity index (χ4n) is 1.29. The first-order chi connectivity index (χ1) is 7.69. The highest BCUT2D eigenvalue weighted by Crippen LogP contribution is 2.20. The molecule has 16 heavy (non-hydrogen) atoms. The maximum atomic E-state index is 6.05. The van der Waals surface area contributed by atoms with Gasteiger partial charge in [0, 0.05) is 6.61 Å². The van der Waals surface area contributed by atoms with Crippen molar-refractivity contribution in [2.24, 2.45) is 0 Å². The minimum atomic E-state index is 0.446. The summed E-state index contributed by atoms with van der Waals surface area (Å²) in [6.07, 6.45) is 2.99.